The van der Waals surface area contributed by atoms with Gasteiger partial charge in [0, 0.05) is 28.5 Å². The second kappa shape index (κ2) is 7.42. The monoisotopic (exact) mass is 354 g/mol. The van der Waals surface area contributed by atoms with Crippen molar-refractivity contribution in [2.24, 2.45) is 5.92 Å². The summed E-state index contributed by atoms with van der Waals surface area (Å²) in [6.07, 6.45) is 0. The first-order valence-electron chi connectivity index (χ1n) is 8.98. The lowest BCUT2D eigenvalue weighted by molar-refractivity contribution is -0.717. The van der Waals surface area contributed by atoms with Crippen molar-refractivity contribution in [2.75, 3.05) is 0 Å². The summed E-state index contributed by atoms with van der Waals surface area (Å²) >= 11 is 0. The van der Waals surface area contributed by atoms with Crippen LogP contribution in [0.1, 0.15) is 42.1 Å². The zero-order chi connectivity index (χ0) is 18.8. The molecule has 0 saturated heterocycles. The van der Waals surface area contributed by atoms with Crippen LogP contribution in [0.3, 0.4) is 0 Å². The van der Waals surface area contributed by atoms with Crippen molar-refractivity contribution < 1.29 is 14.1 Å². The molecule has 0 aliphatic heterocycles. The Labute approximate surface area is 152 Å². The van der Waals surface area contributed by atoms with Gasteiger partial charge < -0.3 is 9.73 Å². The van der Waals surface area contributed by atoms with E-state index in [1.54, 1.807) is 6.07 Å². The maximum absolute atomic E-state index is 13.2. The molecule has 0 saturated carbocycles. The fourth-order valence-electron chi connectivity index (χ4n) is 3.43. The molecule has 3 rings (SSSR count). The van der Waals surface area contributed by atoms with Gasteiger partial charge in [-0.2, -0.15) is 0 Å². The van der Waals surface area contributed by atoms with E-state index >= 15 is 0 Å². The van der Waals surface area contributed by atoms with Gasteiger partial charge in [0.25, 0.3) is 0 Å². The molecule has 1 atom stereocenters. The summed E-state index contributed by atoms with van der Waals surface area (Å²) < 4.78 is 18.7. The molecule has 1 aromatic heterocycles. The molecule has 136 valence electrons. The van der Waals surface area contributed by atoms with Gasteiger partial charge in [0.2, 0.25) is 0 Å². The Morgan fingerprint density at radius 2 is 1.77 bits per heavy atom. The van der Waals surface area contributed by atoms with Gasteiger partial charge in [-0.05, 0) is 37.1 Å². The number of hydrogen-bond donors (Lipinski definition) is 1. The van der Waals surface area contributed by atoms with Crippen LogP contribution in [-0.2, 0) is 6.54 Å². The van der Waals surface area contributed by atoms with E-state index in [1.165, 1.54) is 12.1 Å². The number of hydrogen-bond acceptors (Lipinski definition) is 2. The normalized spacial score (nSPS) is 12.7. The smallest absolute Gasteiger partial charge is 0.336 e. The topological polar surface area (TPSA) is 46.8 Å². The Bertz CT molecular complexity index is 974. The molecule has 3 nitrogen and oxygen atoms in total. The molecule has 0 radical (unpaired) electrons. The van der Waals surface area contributed by atoms with Crippen LogP contribution in [0.25, 0.3) is 11.0 Å². The molecule has 2 N–H and O–H groups in total. The van der Waals surface area contributed by atoms with E-state index in [9.17, 15) is 9.18 Å². The van der Waals surface area contributed by atoms with Crippen LogP contribution in [-0.4, -0.2) is 0 Å². The molecule has 0 amide bonds. The van der Waals surface area contributed by atoms with E-state index in [1.807, 2.05) is 32.0 Å². The van der Waals surface area contributed by atoms with Gasteiger partial charge in [0.1, 0.15) is 24.0 Å². The lowest BCUT2D eigenvalue weighted by atomic mass is 9.95. The largest absolute Gasteiger partial charge is 0.422 e. The van der Waals surface area contributed by atoms with Crippen molar-refractivity contribution in [1.29, 1.82) is 0 Å². The van der Waals surface area contributed by atoms with Gasteiger partial charge in [0.15, 0.2) is 0 Å². The molecule has 1 heterocycles. The van der Waals surface area contributed by atoms with Gasteiger partial charge in [-0.15, -0.1) is 0 Å². The van der Waals surface area contributed by atoms with Crippen LogP contribution in [0.5, 0.6) is 0 Å². The number of quaternary nitrogens is 1. The Balaban J connectivity index is 1.94. The average molecular weight is 354 g/mol. The molecule has 0 fully saturated rings. The SMILES string of the molecule is Cc1ccc2c(C[NH2+][C@H](c3ccc(F)cc3)C(C)C)cc(=O)oc2c1C. The Hall–Kier alpha value is -2.46. The predicted molar refractivity (Wildman–Crippen MR) is 102 cm³/mol. The zero-order valence-electron chi connectivity index (χ0n) is 15.7. The Morgan fingerprint density at radius 1 is 1.08 bits per heavy atom. The molecule has 26 heavy (non-hydrogen) atoms. The second-order valence-electron chi connectivity index (χ2n) is 7.24. The van der Waals surface area contributed by atoms with Crippen molar-refractivity contribution in [1.82, 2.24) is 0 Å². The van der Waals surface area contributed by atoms with Crippen LogP contribution in [0.2, 0.25) is 0 Å². The first-order chi connectivity index (χ1) is 12.4. The molecule has 3 aromatic rings. The quantitative estimate of drug-likeness (QED) is 0.704. The van der Waals surface area contributed by atoms with E-state index < -0.39 is 0 Å². The van der Waals surface area contributed by atoms with Crippen LogP contribution < -0.4 is 10.9 Å². The van der Waals surface area contributed by atoms with E-state index in [0.717, 1.165) is 27.6 Å². The Morgan fingerprint density at radius 3 is 2.42 bits per heavy atom. The summed E-state index contributed by atoms with van der Waals surface area (Å²) in [6.45, 7) is 8.94. The Kier molecular flexibility index (Phi) is 5.23. The summed E-state index contributed by atoms with van der Waals surface area (Å²) in [5, 5.41) is 3.19. The van der Waals surface area contributed by atoms with E-state index in [-0.39, 0.29) is 17.5 Å². The fourth-order valence-corrected chi connectivity index (χ4v) is 3.43. The number of rotatable bonds is 5. The molecule has 0 aliphatic carbocycles. The third-order valence-electron chi connectivity index (χ3n) is 5.08. The summed E-state index contributed by atoms with van der Waals surface area (Å²) in [5.74, 6) is 0.143. The molecule has 0 unspecified atom stereocenters. The highest BCUT2D eigenvalue weighted by atomic mass is 19.1. The minimum atomic E-state index is -0.322. The average Bonchev–Trinajstić information content (AvgIpc) is 2.60. The summed E-state index contributed by atoms with van der Waals surface area (Å²) in [7, 11) is 0. The van der Waals surface area contributed by atoms with E-state index in [0.29, 0.717) is 18.0 Å². The van der Waals surface area contributed by atoms with E-state index in [2.05, 4.69) is 25.2 Å². The fraction of sp³-hybridized carbons (Fsp3) is 0.318. The molecule has 4 heteroatoms. The van der Waals surface area contributed by atoms with Gasteiger partial charge in [-0.3, -0.25) is 0 Å². The highest BCUT2D eigenvalue weighted by Gasteiger charge is 2.20. The van der Waals surface area contributed by atoms with Crippen molar-refractivity contribution >= 4 is 11.0 Å². The second-order valence-corrected chi connectivity index (χ2v) is 7.24. The maximum Gasteiger partial charge on any atom is 0.336 e. The molecular weight excluding hydrogens is 329 g/mol. The number of benzene rings is 2. The van der Waals surface area contributed by atoms with Crippen LogP contribution in [0.4, 0.5) is 4.39 Å². The number of fused-ring (bicyclic) bond motifs is 1. The highest BCUT2D eigenvalue weighted by Crippen LogP contribution is 2.23. The first-order valence-corrected chi connectivity index (χ1v) is 8.98. The van der Waals surface area contributed by atoms with Gasteiger partial charge >= 0.3 is 5.63 Å². The molecule has 0 aliphatic rings. The summed E-state index contributed by atoms with van der Waals surface area (Å²) in [5.41, 5.74) is 4.50. The lowest BCUT2D eigenvalue weighted by Crippen LogP contribution is -2.84. The third kappa shape index (κ3) is 3.70. The summed E-state index contributed by atoms with van der Waals surface area (Å²) in [6, 6.07) is 12.5. The molecule has 0 spiro atoms. The standard InChI is InChI=1S/C22H24FNO2/c1-13(2)21(16-6-8-18(23)9-7-16)24-12-17-11-20(25)26-22-15(4)14(3)5-10-19(17)22/h5-11,13,21,24H,12H2,1-4H3/p+1/t21-/m0/s1. The third-order valence-corrected chi connectivity index (χ3v) is 5.08. The first kappa shape index (κ1) is 18.3. The van der Waals surface area contributed by atoms with Gasteiger partial charge in [0.05, 0.1) is 0 Å². The molecular formula is C22H25FNO2+. The lowest BCUT2D eigenvalue weighted by Gasteiger charge is -2.20. The van der Waals surface area contributed by atoms with Gasteiger partial charge in [-0.25, -0.2) is 9.18 Å². The van der Waals surface area contributed by atoms with Crippen molar-refractivity contribution in [3.8, 4) is 0 Å². The molecule has 0 bridgehead atoms. The van der Waals surface area contributed by atoms with Gasteiger partial charge in [-0.1, -0.05) is 38.1 Å². The van der Waals surface area contributed by atoms with Crippen LogP contribution >= 0.6 is 0 Å². The number of nitrogens with two attached hydrogens (primary N) is 1. The van der Waals surface area contributed by atoms with Crippen LogP contribution in [0, 0.1) is 25.6 Å². The number of aryl methyl sites for hydroxylation is 2. The van der Waals surface area contributed by atoms with Crippen LogP contribution in [0.15, 0.2) is 51.7 Å². The number of halogens is 1. The highest BCUT2D eigenvalue weighted by molar-refractivity contribution is 5.83. The van der Waals surface area contributed by atoms with Crippen molar-refractivity contribution in [3.05, 3.63) is 81.0 Å². The van der Waals surface area contributed by atoms with E-state index in [4.69, 9.17) is 4.42 Å². The minimum Gasteiger partial charge on any atom is -0.422 e. The maximum atomic E-state index is 13.2. The summed E-state index contributed by atoms with van der Waals surface area (Å²) in [4.78, 5) is 12.0. The minimum absolute atomic E-state index is 0.185. The van der Waals surface area contributed by atoms with Crippen molar-refractivity contribution in [3.63, 3.8) is 0 Å². The molecule has 2 aromatic carbocycles. The van der Waals surface area contributed by atoms with Crippen molar-refractivity contribution in [2.45, 2.75) is 40.3 Å². The zero-order valence-corrected chi connectivity index (χ0v) is 15.7. The predicted octanol–water partition coefficient (Wildman–Crippen LogP) is 4.01.